The number of rotatable bonds is 8. The van der Waals surface area contributed by atoms with E-state index in [1.807, 2.05) is 49.5 Å². The predicted molar refractivity (Wildman–Crippen MR) is 150 cm³/mol. The molecule has 0 saturated heterocycles. The minimum Gasteiger partial charge on any atom is -0.494 e. The van der Waals surface area contributed by atoms with Gasteiger partial charge in [0, 0.05) is 48.4 Å². The summed E-state index contributed by atoms with van der Waals surface area (Å²) in [5.41, 5.74) is 4.76. The molecule has 200 valence electrons. The van der Waals surface area contributed by atoms with Crippen LogP contribution in [0.3, 0.4) is 0 Å². The quantitative estimate of drug-likeness (QED) is 0.229. The van der Waals surface area contributed by atoms with Crippen LogP contribution in [-0.2, 0) is 4.74 Å². The first-order chi connectivity index (χ1) is 19.0. The average molecular weight is 545 g/mol. The van der Waals surface area contributed by atoms with E-state index in [1.54, 1.807) is 46.7 Å². The molecule has 0 saturated carbocycles. The first kappa shape index (κ1) is 25.1. The Morgan fingerprint density at radius 1 is 1.21 bits per heavy atom. The number of hydrogen-bond donors (Lipinski definition) is 1. The first-order valence-corrected chi connectivity index (χ1v) is 13.6. The number of carbonyl (C=O) groups is 1. The Kier molecular flexibility index (Phi) is 6.79. The van der Waals surface area contributed by atoms with Crippen molar-refractivity contribution in [2.24, 2.45) is 0 Å². The van der Waals surface area contributed by atoms with Gasteiger partial charge in [0.1, 0.15) is 11.4 Å². The maximum absolute atomic E-state index is 13.2. The normalized spacial score (nSPS) is 13.0. The summed E-state index contributed by atoms with van der Waals surface area (Å²) in [5, 5.41) is 13.2. The summed E-state index contributed by atoms with van der Waals surface area (Å²) >= 11 is 1.77. The molecule has 6 rings (SSSR count). The van der Waals surface area contributed by atoms with E-state index < -0.39 is 5.97 Å². The van der Waals surface area contributed by atoms with Crippen LogP contribution in [-0.4, -0.2) is 86.9 Å². The van der Waals surface area contributed by atoms with Crippen LogP contribution in [0.15, 0.2) is 53.9 Å². The molecule has 5 aromatic rings. The van der Waals surface area contributed by atoms with Gasteiger partial charge in [0.25, 0.3) is 0 Å². The van der Waals surface area contributed by atoms with Crippen molar-refractivity contribution in [2.45, 2.75) is 11.3 Å². The molecule has 0 radical (unpaired) electrons. The number of esters is 1. The molecule has 1 aliphatic rings. The third kappa shape index (κ3) is 4.77. The SMILES string of the molecule is COc1cc2c(cc1-n1nc(C(=O)OCCCN(C)C)c3cnc(-c4cnn5cccnc45)cc31)SCCN2. The maximum atomic E-state index is 13.2. The van der Waals surface area contributed by atoms with E-state index >= 15 is 0 Å². The molecule has 0 unspecified atom stereocenters. The molecule has 0 bridgehead atoms. The minimum absolute atomic E-state index is 0.206. The highest BCUT2D eigenvalue weighted by Gasteiger charge is 2.24. The van der Waals surface area contributed by atoms with Crippen molar-refractivity contribution in [1.29, 1.82) is 0 Å². The van der Waals surface area contributed by atoms with Crippen LogP contribution >= 0.6 is 11.8 Å². The van der Waals surface area contributed by atoms with Gasteiger partial charge >= 0.3 is 5.97 Å². The molecule has 0 spiro atoms. The van der Waals surface area contributed by atoms with E-state index in [0.717, 1.165) is 47.1 Å². The molecule has 0 aliphatic carbocycles. The Labute approximate surface area is 229 Å². The molecule has 1 aromatic carbocycles. The molecule has 11 nitrogen and oxygen atoms in total. The van der Waals surface area contributed by atoms with Crippen LogP contribution in [0.5, 0.6) is 5.75 Å². The molecular formula is C27H28N8O3S. The van der Waals surface area contributed by atoms with Gasteiger partial charge in [-0.15, -0.1) is 11.8 Å². The van der Waals surface area contributed by atoms with Crippen molar-refractivity contribution in [3.63, 3.8) is 0 Å². The highest BCUT2D eigenvalue weighted by molar-refractivity contribution is 7.99. The lowest BCUT2D eigenvalue weighted by Crippen LogP contribution is -2.16. The summed E-state index contributed by atoms with van der Waals surface area (Å²) in [6, 6.07) is 7.74. The second-order valence-electron chi connectivity index (χ2n) is 9.38. The minimum atomic E-state index is -0.488. The van der Waals surface area contributed by atoms with Gasteiger partial charge in [0.15, 0.2) is 11.3 Å². The zero-order valence-electron chi connectivity index (χ0n) is 21.9. The molecule has 1 N–H and O–H groups in total. The van der Waals surface area contributed by atoms with Crippen molar-refractivity contribution in [1.82, 2.24) is 34.3 Å². The van der Waals surface area contributed by atoms with Gasteiger partial charge in [-0.05, 0) is 38.7 Å². The van der Waals surface area contributed by atoms with Crippen molar-refractivity contribution < 1.29 is 14.3 Å². The first-order valence-electron chi connectivity index (χ1n) is 12.6. The molecule has 39 heavy (non-hydrogen) atoms. The number of pyridine rings is 1. The molecule has 0 atom stereocenters. The Bertz CT molecular complexity index is 1680. The predicted octanol–water partition coefficient (Wildman–Crippen LogP) is 3.76. The molecule has 5 heterocycles. The van der Waals surface area contributed by atoms with Gasteiger partial charge in [-0.25, -0.2) is 19.0 Å². The standard InChI is InChI=1S/C27H28N8O3S/c1-33(2)8-5-10-38-27(36)25-18-15-30-19(17-16-31-34-9-4-6-29-26(17)34)12-21(18)35(32-25)22-14-24-20(13-23(22)37-3)28-7-11-39-24/h4,6,9,12-16,28H,5,7-8,10-11H2,1-3H3. The Morgan fingerprint density at radius 2 is 2.10 bits per heavy atom. The lowest BCUT2D eigenvalue weighted by Gasteiger charge is -2.20. The van der Waals surface area contributed by atoms with E-state index in [2.05, 4.69) is 20.4 Å². The van der Waals surface area contributed by atoms with Crippen LogP contribution < -0.4 is 10.1 Å². The van der Waals surface area contributed by atoms with E-state index in [0.29, 0.717) is 34.6 Å². The summed E-state index contributed by atoms with van der Waals surface area (Å²) in [6.07, 6.45) is 7.68. The Morgan fingerprint density at radius 3 is 2.95 bits per heavy atom. The number of nitrogens with zero attached hydrogens (tertiary/aromatic N) is 7. The number of carbonyl (C=O) groups excluding carboxylic acids is 1. The average Bonchev–Trinajstić information content (AvgIpc) is 3.56. The Balaban J connectivity index is 1.49. The van der Waals surface area contributed by atoms with Crippen LogP contribution in [0.25, 0.3) is 33.5 Å². The fourth-order valence-corrected chi connectivity index (χ4v) is 5.50. The molecule has 4 aromatic heterocycles. The lowest BCUT2D eigenvalue weighted by molar-refractivity contribution is 0.0488. The summed E-state index contributed by atoms with van der Waals surface area (Å²) in [6.45, 7) is 2.01. The summed E-state index contributed by atoms with van der Waals surface area (Å²) < 4.78 is 14.8. The van der Waals surface area contributed by atoms with Gasteiger partial charge in [-0.1, -0.05) is 0 Å². The number of benzene rings is 1. The fraction of sp³-hybridized carbons (Fsp3) is 0.296. The molecule has 12 heteroatoms. The van der Waals surface area contributed by atoms with Crippen LogP contribution in [0, 0.1) is 0 Å². The summed E-state index contributed by atoms with van der Waals surface area (Å²) in [4.78, 5) is 25.5. The number of aromatic nitrogens is 6. The third-order valence-corrected chi connectivity index (χ3v) is 7.54. The highest BCUT2D eigenvalue weighted by atomic mass is 32.2. The summed E-state index contributed by atoms with van der Waals surface area (Å²) in [7, 11) is 5.60. The third-order valence-electron chi connectivity index (χ3n) is 6.48. The number of anilines is 1. The molecule has 1 aliphatic heterocycles. The number of hydrogen-bond acceptors (Lipinski definition) is 10. The van der Waals surface area contributed by atoms with E-state index in [1.165, 1.54) is 0 Å². The Hall–Kier alpha value is -4.16. The van der Waals surface area contributed by atoms with Crippen LogP contribution in [0.1, 0.15) is 16.9 Å². The van der Waals surface area contributed by atoms with Crippen LogP contribution in [0.4, 0.5) is 5.69 Å². The number of ether oxygens (including phenoxy) is 2. The maximum Gasteiger partial charge on any atom is 0.359 e. The lowest BCUT2D eigenvalue weighted by atomic mass is 10.1. The van der Waals surface area contributed by atoms with Gasteiger partial charge < -0.3 is 19.7 Å². The zero-order valence-corrected chi connectivity index (χ0v) is 22.7. The van der Waals surface area contributed by atoms with Gasteiger partial charge in [0.05, 0.1) is 47.8 Å². The zero-order chi connectivity index (χ0) is 26.9. The fourth-order valence-electron chi connectivity index (χ4n) is 4.60. The van der Waals surface area contributed by atoms with Crippen molar-refractivity contribution >= 4 is 40.0 Å². The van der Waals surface area contributed by atoms with Gasteiger partial charge in [0.2, 0.25) is 0 Å². The second kappa shape index (κ2) is 10.5. The van der Waals surface area contributed by atoms with E-state index in [-0.39, 0.29) is 5.69 Å². The van der Waals surface area contributed by atoms with Crippen LogP contribution in [0.2, 0.25) is 0 Å². The number of methoxy groups -OCH3 is 1. The topological polar surface area (TPSA) is 112 Å². The summed E-state index contributed by atoms with van der Waals surface area (Å²) in [5.74, 6) is 1.10. The monoisotopic (exact) mass is 544 g/mol. The highest BCUT2D eigenvalue weighted by Crippen LogP contribution is 2.39. The van der Waals surface area contributed by atoms with Crippen molar-refractivity contribution in [3.05, 3.63) is 54.7 Å². The van der Waals surface area contributed by atoms with Gasteiger partial charge in [-0.2, -0.15) is 10.2 Å². The number of nitrogens with one attached hydrogen (secondary N) is 1. The molecule has 0 fully saturated rings. The van der Waals surface area contributed by atoms with Crippen molar-refractivity contribution in [3.8, 4) is 22.7 Å². The van der Waals surface area contributed by atoms with Crippen molar-refractivity contribution in [2.75, 3.05) is 52.0 Å². The second-order valence-corrected chi connectivity index (χ2v) is 10.5. The number of fused-ring (bicyclic) bond motifs is 3. The van der Waals surface area contributed by atoms with Gasteiger partial charge in [-0.3, -0.25) is 4.98 Å². The number of thioether (sulfide) groups is 1. The molecular weight excluding hydrogens is 516 g/mol. The molecule has 0 amide bonds. The smallest absolute Gasteiger partial charge is 0.359 e. The van der Waals surface area contributed by atoms with E-state index in [9.17, 15) is 4.79 Å². The van der Waals surface area contributed by atoms with E-state index in [4.69, 9.17) is 14.6 Å². The largest absolute Gasteiger partial charge is 0.494 e.